The van der Waals surface area contributed by atoms with Gasteiger partial charge in [-0.2, -0.15) is 0 Å². The lowest BCUT2D eigenvalue weighted by atomic mass is 10.2. The number of nitrogens with one attached hydrogen (secondary N) is 1. The zero-order chi connectivity index (χ0) is 12.0. The highest BCUT2D eigenvalue weighted by molar-refractivity contribution is 8.00. The van der Waals surface area contributed by atoms with Crippen LogP contribution in [0.25, 0.3) is 0 Å². The fourth-order valence-electron chi connectivity index (χ4n) is 1.31. The van der Waals surface area contributed by atoms with Gasteiger partial charge < -0.3 is 5.73 Å². The summed E-state index contributed by atoms with van der Waals surface area (Å²) in [5.41, 5.74) is 8.51. The summed E-state index contributed by atoms with van der Waals surface area (Å²) in [4.78, 5) is 12.5. The summed E-state index contributed by atoms with van der Waals surface area (Å²) >= 11 is 1.51. The molecular weight excluding hydrogens is 222 g/mol. The number of rotatable bonds is 5. The molecule has 5 heteroatoms. The molecule has 1 rings (SSSR count). The zero-order valence-electron chi connectivity index (χ0n) is 9.27. The van der Waals surface area contributed by atoms with E-state index in [1.54, 1.807) is 0 Å². The Morgan fingerprint density at radius 3 is 2.56 bits per heavy atom. The molecule has 0 aliphatic carbocycles. The number of nitrogens with two attached hydrogens (primary N) is 2. The molecule has 0 aliphatic rings. The van der Waals surface area contributed by atoms with Crippen molar-refractivity contribution in [1.29, 1.82) is 0 Å². The summed E-state index contributed by atoms with van der Waals surface area (Å²) in [6.45, 7) is 2.04. The molecule has 0 fully saturated rings. The van der Waals surface area contributed by atoms with Gasteiger partial charge in [-0.15, -0.1) is 11.8 Å². The second kappa shape index (κ2) is 6.40. The van der Waals surface area contributed by atoms with Crippen molar-refractivity contribution in [2.75, 3.05) is 5.73 Å². The predicted octanol–water partition coefficient (Wildman–Crippen LogP) is 1.52. The van der Waals surface area contributed by atoms with Crippen molar-refractivity contribution in [3.05, 3.63) is 24.3 Å². The van der Waals surface area contributed by atoms with Crippen LogP contribution in [0.2, 0.25) is 0 Å². The first-order valence-corrected chi connectivity index (χ1v) is 6.08. The van der Waals surface area contributed by atoms with Crippen LogP contribution in [0.4, 0.5) is 5.69 Å². The number of carbonyl (C=O) groups excluding carboxylic acids is 1. The van der Waals surface area contributed by atoms with E-state index in [-0.39, 0.29) is 11.2 Å². The quantitative estimate of drug-likeness (QED) is 0.239. The number of nitrogen functional groups attached to an aromatic ring is 1. The third-order valence-corrected chi connectivity index (χ3v) is 3.42. The van der Waals surface area contributed by atoms with Crippen LogP contribution < -0.4 is 17.0 Å². The first-order chi connectivity index (χ1) is 7.67. The predicted molar refractivity (Wildman–Crippen MR) is 67.7 cm³/mol. The van der Waals surface area contributed by atoms with Gasteiger partial charge in [0.25, 0.3) is 0 Å². The lowest BCUT2D eigenvalue weighted by Crippen LogP contribution is -2.37. The normalized spacial score (nSPS) is 12.1. The molecule has 0 heterocycles. The van der Waals surface area contributed by atoms with Crippen LogP contribution in [0.5, 0.6) is 0 Å². The van der Waals surface area contributed by atoms with Crippen molar-refractivity contribution in [1.82, 2.24) is 5.43 Å². The van der Waals surface area contributed by atoms with Gasteiger partial charge in [-0.3, -0.25) is 10.2 Å². The molecule has 0 radical (unpaired) electrons. The minimum Gasteiger partial charge on any atom is -0.399 e. The van der Waals surface area contributed by atoms with Crippen LogP contribution in [0.1, 0.15) is 19.8 Å². The number of carbonyl (C=O) groups is 1. The number of hydrazine groups is 1. The largest absolute Gasteiger partial charge is 0.399 e. The molecule has 0 bridgehead atoms. The molecular formula is C11H17N3OS. The fraction of sp³-hybridized carbons (Fsp3) is 0.364. The van der Waals surface area contributed by atoms with Crippen molar-refractivity contribution in [3.8, 4) is 0 Å². The maximum absolute atomic E-state index is 11.5. The molecule has 0 aliphatic heterocycles. The third kappa shape index (κ3) is 3.75. The van der Waals surface area contributed by atoms with Crippen LogP contribution in [0.15, 0.2) is 29.2 Å². The molecule has 4 nitrogen and oxygen atoms in total. The molecule has 1 aromatic rings. The smallest absolute Gasteiger partial charge is 0.247 e. The fourth-order valence-corrected chi connectivity index (χ4v) is 2.46. The number of hydrogen-bond donors (Lipinski definition) is 3. The molecule has 1 aromatic carbocycles. The molecule has 1 atom stereocenters. The Bertz CT molecular complexity index is 340. The topological polar surface area (TPSA) is 81.1 Å². The molecule has 0 saturated heterocycles. The number of amides is 1. The monoisotopic (exact) mass is 239 g/mol. The second-order valence-corrected chi connectivity index (χ2v) is 4.75. The van der Waals surface area contributed by atoms with Crippen molar-refractivity contribution >= 4 is 23.4 Å². The number of benzene rings is 1. The Labute approximate surface area is 99.7 Å². The summed E-state index contributed by atoms with van der Waals surface area (Å²) in [7, 11) is 0. The molecule has 88 valence electrons. The van der Waals surface area contributed by atoms with Crippen molar-refractivity contribution in [2.45, 2.75) is 29.9 Å². The maximum atomic E-state index is 11.5. The van der Waals surface area contributed by atoms with Gasteiger partial charge in [0, 0.05) is 10.6 Å². The zero-order valence-corrected chi connectivity index (χ0v) is 10.1. The molecule has 0 saturated carbocycles. The van der Waals surface area contributed by atoms with Gasteiger partial charge in [-0.25, -0.2) is 5.84 Å². The van der Waals surface area contributed by atoms with E-state index in [1.807, 2.05) is 31.2 Å². The van der Waals surface area contributed by atoms with Gasteiger partial charge in [0.2, 0.25) is 5.91 Å². The highest BCUT2D eigenvalue weighted by Crippen LogP contribution is 2.26. The summed E-state index contributed by atoms with van der Waals surface area (Å²) in [5.74, 6) is 5.01. The van der Waals surface area contributed by atoms with Crippen LogP contribution in [-0.4, -0.2) is 11.2 Å². The van der Waals surface area contributed by atoms with E-state index in [0.717, 1.165) is 23.4 Å². The van der Waals surface area contributed by atoms with Crippen LogP contribution in [0, 0.1) is 0 Å². The first-order valence-electron chi connectivity index (χ1n) is 5.20. The van der Waals surface area contributed by atoms with E-state index in [4.69, 9.17) is 11.6 Å². The average Bonchev–Trinajstić information content (AvgIpc) is 2.30. The molecule has 0 spiro atoms. The van der Waals surface area contributed by atoms with Gasteiger partial charge in [0.1, 0.15) is 0 Å². The summed E-state index contributed by atoms with van der Waals surface area (Å²) in [6.07, 6.45) is 1.75. The molecule has 16 heavy (non-hydrogen) atoms. The first kappa shape index (κ1) is 12.9. The number of thioether (sulfide) groups is 1. The summed E-state index contributed by atoms with van der Waals surface area (Å²) < 4.78 is 0. The highest BCUT2D eigenvalue weighted by atomic mass is 32.2. The van der Waals surface area contributed by atoms with E-state index in [0.29, 0.717) is 0 Å². The Hall–Kier alpha value is -1.20. The minimum absolute atomic E-state index is 0.135. The molecule has 1 amide bonds. The van der Waals surface area contributed by atoms with Gasteiger partial charge in [-0.05, 0) is 30.7 Å². The van der Waals surface area contributed by atoms with E-state index < -0.39 is 0 Å². The van der Waals surface area contributed by atoms with Crippen LogP contribution >= 0.6 is 11.8 Å². The lowest BCUT2D eigenvalue weighted by molar-refractivity contribution is -0.120. The minimum atomic E-state index is -0.140. The van der Waals surface area contributed by atoms with Gasteiger partial charge in [0.05, 0.1) is 5.25 Å². The lowest BCUT2D eigenvalue weighted by Gasteiger charge is -2.13. The van der Waals surface area contributed by atoms with Crippen molar-refractivity contribution < 1.29 is 4.79 Å². The SMILES string of the molecule is CCCC(Sc1ccc(N)cc1)C(=O)NN. The average molecular weight is 239 g/mol. The van der Waals surface area contributed by atoms with E-state index in [2.05, 4.69) is 5.43 Å². The molecule has 1 unspecified atom stereocenters. The number of anilines is 1. The third-order valence-electron chi connectivity index (χ3n) is 2.14. The van der Waals surface area contributed by atoms with Gasteiger partial charge in [0.15, 0.2) is 0 Å². The van der Waals surface area contributed by atoms with Crippen molar-refractivity contribution in [2.24, 2.45) is 5.84 Å². The van der Waals surface area contributed by atoms with Crippen molar-refractivity contribution in [3.63, 3.8) is 0 Å². The highest BCUT2D eigenvalue weighted by Gasteiger charge is 2.17. The summed E-state index contributed by atoms with van der Waals surface area (Å²) in [6, 6.07) is 7.47. The Morgan fingerprint density at radius 1 is 1.44 bits per heavy atom. The standard InChI is InChI=1S/C11H17N3OS/c1-2-3-10(11(15)14-13)16-9-6-4-8(12)5-7-9/h4-7,10H,2-3,12-13H2,1H3,(H,14,15). The Morgan fingerprint density at radius 2 is 2.06 bits per heavy atom. The van der Waals surface area contributed by atoms with Gasteiger partial charge in [-0.1, -0.05) is 13.3 Å². The molecule has 5 N–H and O–H groups in total. The molecule has 0 aromatic heterocycles. The summed E-state index contributed by atoms with van der Waals surface area (Å²) in [5, 5.41) is -0.140. The van der Waals surface area contributed by atoms with Crippen LogP contribution in [-0.2, 0) is 4.79 Å². The second-order valence-electron chi connectivity index (χ2n) is 3.47. The van der Waals surface area contributed by atoms with E-state index >= 15 is 0 Å². The Kier molecular flexibility index (Phi) is 5.14. The van der Waals surface area contributed by atoms with E-state index in [1.165, 1.54) is 11.8 Å². The van der Waals surface area contributed by atoms with E-state index in [9.17, 15) is 4.79 Å². The van der Waals surface area contributed by atoms with Crippen LogP contribution in [0.3, 0.4) is 0 Å². The van der Waals surface area contributed by atoms with Gasteiger partial charge >= 0.3 is 0 Å². The number of hydrogen-bond acceptors (Lipinski definition) is 4. The maximum Gasteiger partial charge on any atom is 0.247 e. The Balaban J connectivity index is 2.67.